The van der Waals surface area contributed by atoms with Crippen molar-refractivity contribution in [1.82, 2.24) is 15.3 Å². The van der Waals surface area contributed by atoms with Crippen LogP contribution < -0.4 is 10.2 Å². The molecule has 0 radical (unpaired) electrons. The highest BCUT2D eigenvalue weighted by Crippen LogP contribution is 2.30. The lowest BCUT2D eigenvalue weighted by atomic mass is 10.1. The maximum absolute atomic E-state index is 4.70. The van der Waals surface area contributed by atoms with Crippen molar-refractivity contribution in [2.24, 2.45) is 5.92 Å². The molecule has 0 aromatic carbocycles. The molecule has 92 valence electrons. The Balaban J connectivity index is 1.86. The zero-order valence-electron chi connectivity index (χ0n) is 10.6. The van der Waals surface area contributed by atoms with Gasteiger partial charge in [-0.2, -0.15) is 0 Å². The molecule has 1 N–H and O–H groups in total. The number of fused-ring (bicyclic) bond motifs is 1. The molecule has 0 unspecified atom stereocenters. The zero-order chi connectivity index (χ0) is 11.8. The van der Waals surface area contributed by atoms with Crippen molar-refractivity contribution in [1.29, 1.82) is 0 Å². The number of nitrogens with zero attached hydrogens (tertiary/aromatic N) is 3. The third-order valence-corrected chi connectivity index (χ3v) is 3.96. The molecule has 2 aliphatic rings. The van der Waals surface area contributed by atoms with Crippen LogP contribution in [0, 0.1) is 5.92 Å². The molecule has 1 aromatic heterocycles. The predicted molar refractivity (Wildman–Crippen MR) is 68.2 cm³/mol. The summed E-state index contributed by atoms with van der Waals surface area (Å²) < 4.78 is 0. The van der Waals surface area contributed by atoms with E-state index in [1.807, 2.05) is 12.3 Å². The Labute approximate surface area is 102 Å². The maximum Gasteiger partial charge on any atom is 0.225 e. The van der Waals surface area contributed by atoms with Crippen LogP contribution in [0.25, 0.3) is 0 Å². The standard InChI is InChI=1S/C13H20N4/c1-9(2)11-3-5-15-13(16-11)17-6-4-10-7-14-8-12(10)17/h3,5,9-10,12,14H,4,6-8H2,1-2H3/t10-,12+/m0/s1. The van der Waals surface area contributed by atoms with E-state index in [2.05, 4.69) is 29.0 Å². The summed E-state index contributed by atoms with van der Waals surface area (Å²) in [6.07, 6.45) is 3.17. The minimum Gasteiger partial charge on any atom is -0.336 e. The molecule has 1 aromatic rings. The highest BCUT2D eigenvalue weighted by Gasteiger charge is 2.38. The summed E-state index contributed by atoms with van der Waals surface area (Å²) in [6, 6.07) is 2.63. The second-order valence-corrected chi connectivity index (χ2v) is 5.40. The molecule has 0 spiro atoms. The second-order valence-electron chi connectivity index (χ2n) is 5.40. The van der Waals surface area contributed by atoms with Gasteiger partial charge in [-0.15, -0.1) is 0 Å². The number of rotatable bonds is 2. The van der Waals surface area contributed by atoms with Gasteiger partial charge in [-0.05, 0) is 24.3 Å². The van der Waals surface area contributed by atoms with Crippen LogP contribution in [0.5, 0.6) is 0 Å². The van der Waals surface area contributed by atoms with Crippen LogP contribution in [0.1, 0.15) is 31.9 Å². The molecule has 2 aliphatic heterocycles. The maximum atomic E-state index is 4.70. The van der Waals surface area contributed by atoms with Crippen LogP contribution in [0.15, 0.2) is 12.3 Å². The van der Waals surface area contributed by atoms with Crippen LogP contribution in [0.3, 0.4) is 0 Å². The minimum atomic E-state index is 0.469. The van der Waals surface area contributed by atoms with Gasteiger partial charge in [-0.25, -0.2) is 9.97 Å². The molecule has 4 heteroatoms. The van der Waals surface area contributed by atoms with E-state index < -0.39 is 0 Å². The summed E-state index contributed by atoms with van der Waals surface area (Å²) >= 11 is 0. The minimum absolute atomic E-state index is 0.469. The van der Waals surface area contributed by atoms with Crippen molar-refractivity contribution in [2.45, 2.75) is 32.2 Å². The summed E-state index contributed by atoms with van der Waals surface area (Å²) in [6.45, 7) is 7.70. The van der Waals surface area contributed by atoms with E-state index in [1.54, 1.807) is 0 Å². The van der Waals surface area contributed by atoms with Crippen LogP contribution >= 0.6 is 0 Å². The van der Waals surface area contributed by atoms with Crippen LogP contribution in [-0.2, 0) is 0 Å². The van der Waals surface area contributed by atoms with E-state index in [-0.39, 0.29) is 0 Å². The SMILES string of the molecule is CC(C)c1ccnc(N2CC[C@H]3CNC[C@H]32)n1. The molecule has 17 heavy (non-hydrogen) atoms. The highest BCUT2D eigenvalue weighted by molar-refractivity contribution is 5.36. The normalized spacial score (nSPS) is 27.8. The van der Waals surface area contributed by atoms with Gasteiger partial charge in [-0.1, -0.05) is 13.8 Å². The van der Waals surface area contributed by atoms with Crippen LogP contribution in [0.2, 0.25) is 0 Å². The molecule has 3 rings (SSSR count). The van der Waals surface area contributed by atoms with Gasteiger partial charge in [0.1, 0.15) is 0 Å². The first-order valence-corrected chi connectivity index (χ1v) is 6.56. The first kappa shape index (κ1) is 11.0. The fourth-order valence-corrected chi connectivity index (χ4v) is 2.92. The van der Waals surface area contributed by atoms with E-state index in [0.717, 1.165) is 37.2 Å². The zero-order valence-corrected chi connectivity index (χ0v) is 10.6. The van der Waals surface area contributed by atoms with Crippen molar-refractivity contribution in [2.75, 3.05) is 24.5 Å². The molecule has 2 fully saturated rings. The first-order chi connectivity index (χ1) is 8.25. The summed E-state index contributed by atoms with van der Waals surface area (Å²) in [4.78, 5) is 11.5. The van der Waals surface area contributed by atoms with Gasteiger partial charge in [-0.3, -0.25) is 0 Å². The molecular formula is C13H20N4. The molecular weight excluding hydrogens is 212 g/mol. The third-order valence-electron chi connectivity index (χ3n) is 3.96. The van der Waals surface area contributed by atoms with Gasteiger partial charge < -0.3 is 10.2 Å². The molecule has 2 atom stereocenters. The first-order valence-electron chi connectivity index (χ1n) is 6.56. The molecule has 0 saturated carbocycles. The van der Waals surface area contributed by atoms with Crippen molar-refractivity contribution < 1.29 is 0 Å². The number of nitrogens with one attached hydrogen (secondary N) is 1. The van der Waals surface area contributed by atoms with Gasteiger partial charge in [0.2, 0.25) is 5.95 Å². The fourth-order valence-electron chi connectivity index (χ4n) is 2.92. The van der Waals surface area contributed by atoms with Crippen molar-refractivity contribution in [3.8, 4) is 0 Å². The molecule has 4 nitrogen and oxygen atoms in total. The molecule has 0 amide bonds. The summed E-state index contributed by atoms with van der Waals surface area (Å²) in [5.41, 5.74) is 1.14. The molecule has 0 bridgehead atoms. The monoisotopic (exact) mass is 232 g/mol. The summed E-state index contributed by atoms with van der Waals surface area (Å²) in [5, 5.41) is 3.46. The number of aromatic nitrogens is 2. The van der Waals surface area contributed by atoms with Gasteiger partial charge in [0, 0.05) is 37.6 Å². The highest BCUT2D eigenvalue weighted by atomic mass is 15.3. The predicted octanol–water partition coefficient (Wildman–Crippen LogP) is 1.40. The van der Waals surface area contributed by atoms with Crippen LogP contribution in [0.4, 0.5) is 5.95 Å². The second kappa shape index (κ2) is 4.26. The number of anilines is 1. The number of hydrogen-bond donors (Lipinski definition) is 1. The van der Waals surface area contributed by atoms with Crippen molar-refractivity contribution in [3.63, 3.8) is 0 Å². The quantitative estimate of drug-likeness (QED) is 0.837. The van der Waals surface area contributed by atoms with E-state index in [4.69, 9.17) is 4.98 Å². The Bertz CT molecular complexity index is 404. The van der Waals surface area contributed by atoms with E-state index in [9.17, 15) is 0 Å². The Morgan fingerprint density at radius 2 is 2.29 bits per heavy atom. The Hall–Kier alpha value is -1.16. The lowest BCUT2D eigenvalue weighted by Crippen LogP contribution is -2.35. The van der Waals surface area contributed by atoms with Crippen LogP contribution in [-0.4, -0.2) is 35.6 Å². The van der Waals surface area contributed by atoms with E-state index in [0.29, 0.717) is 12.0 Å². The summed E-state index contributed by atoms with van der Waals surface area (Å²) in [7, 11) is 0. The van der Waals surface area contributed by atoms with Crippen molar-refractivity contribution in [3.05, 3.63) is 18.0 Å². The molecule has 2 saturated heterocycles. The van der Waals surface area contributed by atoms with Gasteiger partial charge >= 0.3 is 0 Å². The average molecular weight is 232 g/mol. The Morgan fingerprint density at radius 1 is 1.41 bits per heavy atom. The van der Waals surface area contributed by atoms with Crippen molar-refractivity contribution >= 4 is 5.95 Å². The Morgan fingerprint density at radius 3 is 3.12 bits per heavy atom. The molecule has 3 heterocycles. The van der Waals surface area contributed by atoms with Gasteiger partial charge in [0.05, 0.1) is 0 Å². The van der Waals surface area contributed by atoms with Gasteiger partial charge in [0.15, 0.2) is 0 Å². The van der Waals surface area contributed by atoms with E-state index >= 15 is 0 Å². The lowest BCUT2D eigenvalue weighted by molar-refractivity contribution is 0.575. The smallest absolute Gasteiger partial charge is 0.225 e. The lowest BCUT2D eigenvalue weighted by Gasteiger charge is -2.23. The van der Waals surface area contributed by atoms with Gasteiger partial charge in [0.25, 0.3) is 0 Å². The van der Waals surface area contributed by atoms with E-state index in [1.165, 1.54) is 6.42 Å². The summed E-state index contributed by atoms with van der Waals surface area (Å²) in [5.74, 6) is 2.19. The topological polar surface area (TPSA) is 41.1 Å². The largest absolute Gasteiger partial charge is 0.336 e. The third kappa shape index (κ3) is 1.90. The Kier molecular flexibility index (Phi) is 2.74. The molecule has 0 aliphatic carbocycles. The fraction of sp³-hybridized carbons (Fsp3) is 0.692. The average Bonchev–Trinajstić information content (AvgIpc) is 2.90. The number of hydrogen-bond acceptors (Lipinski definition) is 4.